The average Bonchev–Trinajstić information content (AvgIpc) is 2.38. The summed E-state index contributed by atoms with van der Waals surface area (Å²) in [5.41, 5.74) is 1.02. The van der Waals surface area contributed by atoms with Gasteiger partial charge in [-0.3, -0.25) is 9.59 Å². The third kappa shape index (κ3) is 3.35. The molecule has 1 aromatic rings. The SMILES string of the molecule is CCCN1CC(=O)N(Cc2ccccc2Br)CC1=O. The second kappa shape index (κ2) is 6.19. The molecule has 1 aromatic carbocycles. The first-order valence-corrected chi connectivity index (χ1v) is 7.20. The van der Waals surface area contributed by atoms with Gasteiger partial charge in [0.25, 0.3) is 0 Å². The minimum atomic E-state index is 0.0174. The molecular formula is C14H17BrN2O2. The molecule has 19 heavy (non-hydrogen) atoms. The van der Waals surface area contributed by atoms with Gasteiger partial charge in [0.2, 0.25) is 11.8 Å². The molecule has 4 nitrogen and oxygen atoms in total. The van der Waals surface area contributed by atoms with Gasteiger partial charge in [0, 0.05) is 17.6 Å². The smallest absolute Gasteiger partial charge is 0.242 e. The van der Waals surface area contributed by atoms with Gasteiger partial charge in [-0.05, 0) is 18.1 Å². The van der Waals surface area contributed by atoms with Gasteiger partial charge in [-0.2, -0.15) is 0 Å². The van der Waals surface area contributed by atoms with Crippen LogP contribution in [0.15, 0.2) is 28.7 Å². The fraction of sp³-hybridized carbons (Fsp3) is 0.429. The highest BCUT2D eigenvalue weighted by molar-refractivity contribution is 9.10. The lowest BCUT2D eigenvalue weighted by molar-refractivity contribution is -0.150. The maximum Gasteiger partial charge on any atom is 0.242 e. The zero-order chi connectivity index (χ0) is 13.8. The van der Waals surface area contributed by atoms with Crippen molar-refractivity contribution < 1.29 is 9.59 Å². The third-order valence-electron chi connectivity index (χ3n) is 3.17. The average molecular weight is 325 g/mol. The highest BCUT2D eigenvalue weighted by Gasteiger charge is 2.29. The number of rotatable bonds is 4. The predicted molar refractivity (Wildman–Crippen MR) is 76.4 cm³/mol. The third-order valence-corrected chi connectivity index (χ3v) is 3.94. The molecule has 1 heterocycles. The molecule has 0 aliphatic carbocycles. The highest BCUT2D eigenvalue weighted by Crippen LogP contribution is 2.19. The molecule has 0 spiro atoms. The van der Waals surface area contributed by atoms with Crippen molar-refractivity contribution in [1.82, 2.24) is 9.80 Å². The lowest BCUT2D eigenvalue weighted by Gasteiger charge is -2.34. The van der Waals surface area contributed by atoms with E-state index < -0.39 is 0 Å². The predicted octanol–water partition coefficient (Wildman–Crippen LogP) is 2.03. The van der Waals surface area contributed by atoms with Crippen LogP contribution >= 0.6 is 15.9 Å². The van der Waals surface area contributed by atoms with Gasteiger partial charge in [0.05, 0.1) is 6.54 Å². The number of carbonyl (C=O) groups is 2. The van der Waals surface area contributed by atoms with Crippen LogP contribution in [-0.4, -0.2) is 41.2 Å². The van der Waals surface area contributed by atoms with E-state index in [0.29, 0.717) is 13.1 Å². The summed E-state index contributed by atoms with van der Waals surface area (Å²) in [6, 6.07) is 7.76. The number of benzene rings is 1. The molecule has 0 unspecified atom stereocenters. The van der Waals surface area contributed by atoms with E-state index in [-0.39, 0.29) is 24.9 Å². The van der Waals surface area contributed by atoms with Gasteiger partial charge in [-0.1, -0.05) is 41.1 Å². The van der Waals surface area contributed by atoms with Crippen molar-refractivity contribution in [3.8, 4) is 0 Å². The maximum atomic E-state index is 12.1. The van der Waals surface area contributed by atoms with Crippen LogP contribution < -0.4 is 0 Å². The summed E-state index contributed by atoms with van der Waals surface area (Å²) in [5, 5.41) is 0. The van der Waals surface area contributed by atoms with Crippen LogP contribution in [0.2, 0.25) is 0 Å². The van der Waals surface area contributed by atoms with E-state index in [0.717, 1.165) is 16.5 Å². The maximum absolute atomic E-state index is 12.1. The number of hydrogen-bond donors (Lipinski definition) is 0. The zero-order valence-corrected chi connectivity index (χ0v) is 12.5. The Morgan fingerprint density at radius 1 is 1.11 bits per heavy atom. The van der Waals surface area contributed by atoms with Crippen LogP contribution in [0.25, 0.3) is 0 Å². The number of hydrogen-bond acceptors (Lipinski definition) is 2. The number of halogens is 1. The zero-order valence-electron chi connectivity index (χ0n) is 10.9. The first-order valence-electron chi connectivity index (χ1n) is 6.40. The summed E-state index contributed by atoms with van der Waals surface area (Å²) in [7, 11) is 0. The van der Waals surface area contributed by atoms with Gasteiger partial charge < -0.3 is 9.80 Å². The fourth-order valence-electron chi connectivity index (χ4n) is 2.15. The summed E-state index contributed by atoms with van der Waals surface area (Å²) in [6.07, 6.45) is 0.878. The van der Waals surface area contributed by atoms with E-state index in [1.165, 1.54) is 0 Å². The molecule has 0 saturated carbocycles. The van der Waals surface area contributed by atoms with E-state index in [2.05, 4.69) is 15.9 Å². The molecule has 0 aromatic heterocycles. The molecule has 2 amide bonds. The van der Waals surface area contributed by atoms with Crippen molar-refractivity contribution in [3.63, 3.8) is 0 Å². The van der Waals surface area contributed by atoms with Crippen molar-refractivity contribution >= 4 is 27.7 Å². The Hall–Kier alpha value is -1.36. The Morgan fingerprint density at radius 2 is 1.74 bits per heavy atom. The van der Waals surface area contributed by atoms with Crippen molar-refractivity contribution in [1.29, 1.82) is 0 Å². The molecule has 0 N–H and O–H groups in total. The Morgan fingerprint density at radius 3 is 2.42 bits per heavy atom. The van der Waals surface area contributed by atoms with Gasteiger partial charge in [-0.25, -0.2) is 0 Å². The van der Waals surface area contributed by atoms with E-state index in [4.69, 9.17) is 0 Å². The van der Waals surface area contributed by atoms with Crippen LogP contribution in [-0.2, 0) is 16.1 Å². The Kier molecular flexibility index (Phi) is 4.58. The Balaban J connectivity index is 2.05. The van der Waals surface area contributed by atoms with Crippen LogP contribution in [0.3, 0.4) is 0 Å². The summed E-state index contributed by atoms with van der Waals surface area (Å²) in [5.74, 6) is 0.0531. The highest BCUT2D eigenvalue weighted by atomic mass is 79.9. The van der Waals surface area contributed by atoms with Gasteiger partial charge in [0.15, 0.2) is 0 Å². The second-order valence-corrected chi connectivity index (χ2v) is 5.51. The standard InChI is InChI=1S/C14H17BrN2O2/c1-2-7-16-9-14(19)17(10-13(16)18)8-11-5-3-4-6-12(11)15/h3-6H,2,7-10H2,1H3. The van der Waals surface area contributed by atoms with Crippen LogP contribution in [0.5, 0.6) is 0 Å². The topological polar surface area (TPSA) is 40.6 Å². The van der Waals surface area contributed by atoms with Crippen molar-refractivity contribution in [2.24, 2.45) is 0 Å². The lowest BCUT2D eigenvalue weighted by Crippen LogP contribution is -2.53. The molecule has 0 atom stereocenters. The summed E-state index contributed by atoms with van der Waals surface area (Å²) in [6.45, 7) is 3.53. The van der Waals surface area contributed by atoms with E-state index in [9.17, 15) is 9.59 Å². The summed E-state index contributed by atoms with van der Waals surface area (Å²) < 4.78 is 0.964. The minimum Gasteiger partial charge on any atom is -0.332 e. The van der Waals surface area contributed by atoms with E-state index >= 15 is 0 Å². The number of nitrogens with zero attached hydrogens (tertiary/aromatic N) is 2. The number of carbonyl (C=O) groups excluding carboxylic acids is 2. The van der Waals surface area contributed by atoms with Crippen LogP contribution in [0.4, 0.5) is 0 Å². The van der Waals surface area contributed by atoms with Crippen molar-refractivity contribution in [2.45, 2.75) is 19.9 Å². The van der Waals surface area contributed by atoms with Crippen molar-refractivity contribution in [3.05, 3.63) is 34.3 Å². The van der Waals surface area contributed by atoms with Gasteiger partial charge in [-0.15, -0.1) is 0 Å². The monoisotopic (exact) mass is 324 g/mol. The molecule has 102 valence electrons. The quantitative estimate of drug-likeness (QED) is 0.850. The van der Waals surface area contributed by atoms with Crippen LogP contribution in [0, 0.1) is 0 Å². The molecule has 2 rings (SSSR count). The van der Waals surface area contributed by atoms with Gasteiger partial charge in [0.1, 0.15) is 6.54 Å². The van der Waals surface area contributed by atoms with Crippen LogP contribution in [0.1, 0.15) is 18.9 Å². The summed E-state index contributed by atoms with van der Waals surface area (Å²) >= 11 is 3.46. The van der Waals surface area contributed by atoms with Crippen molar-refractivity contribution in [2.75, 3.05) is 19.6 Å². The molecule has 1 aliphatic heterocycles. The minimum absolute atomic E-state index is 0.0174. The molecule has 1 fully saturated rings. The van der Waals surface area contributed by atoms with E-state index in [1.54, 1.807) is 9.80 Å². The normalized spacial score (nSPS) is 16.1. The Labute approximate surface area is 121 Å². The largest absolute Gasteiger partial charge is 0.332 e. The molecule has 1 aliphatic rings. The molecule has 0 bridgehead atoms. The Bertz CT molecular complexity index is 490. The first-order chi connectivity index (χ1) is 9.11. The molecular weight excluding hydrogens is 308 g/mol. The molecule has 0 radical (unpaired) electrons. The summed E-state index contributed by atoms with van der Waals surface area (Å²) in [4.78, 5) is 27.3. The number of amides is 2. The first kappa shape index (κ1) is 14.1. The molecule has 5 heteroatoms. The van der Waals surface area contributed by atoms with E-state index in [1.807, 2.05) is 31.2 Å². The number of piperazine rings is 1. The lowest BCUT2D eigenvalue weighted by atomic mass is 10.2. The fourth-order valence-corrected chi connectivity index (χ4v) is 2.56. The second-order valence-electron chi connectivity index (χ2n) is 4.66. The molecule has 1 saturated heterocycles. The van der Waals surface area contributed by atoms with Gasteiger partial charge >= 0.3 is 0 Å².